The molecule has 0 aromatic heterocycles. The van der Waals surface area contributed by atoms with Crippen LogP contribution in [0.15, 0.2) is 22.7 Å². The fourth-order valence-electron chi connectivity index (χ4n) is 1.57. The van der Waals surface area contributed by atoms with Crippen molar-refractivity contribution in [3.8, 4) is 0 Å². The van der Waals surface area contributed by atoms with E-state index in [-0.39, 0.29) is 0 Å². The Morgan fingerprint density at radius 2 is 2.19 bits per heavy atom. The molecule has 0 saturated heterocycles. The molecule has 0 heterocycles. The van der Waals surface area contributed by atoms with Crippen molar-refractivity contribution in [1.82, 2.24) is 5.32 Å². The minimum atomic E-state index is 0.429. The van der Waals surface area contributed by atoms with Crippen LogP contribution in [0.3, 0.4) is 0 Å². The van der Waals surface area contributed by atoms with Gasteiger partial charge in [0, 0.05) is 24.2 Å². The number of ether oxygens (including phenoxy) is 1. The molecule has 0 aliphatic rings. The number of halogens is 1. The van der Waals surface area contributed by atoms with Crippen molar-refractivity contribution in [1.29, 1.82) is 0 Å². The standard InChI is InChI=1S/C13H20BrNO/c1-4-12(9-16-3)15-8-11-6-5-10(2)7-13(11)14/h5-7,12,15H,4,8-9H2,1-3H3. The van der Waals surface area contributed by atoms with Gasteiger partial charge in [-0.1, -0.05) is 35.0 Å². The molecular weight excluding hydrogens is 266 g/mol. The maximum atomic E-state index is 5.16. The van der Waals surface area contributed by atoms with Gasteiger partial charge in [-0.15, -0.1) is 0 Å². The quantitative estimate of drug-likeness (QED) is 0.866. The van der Waals surface area contributed by atoms with Crippen LogP contribution in [-0.2, 0) is 11.3 Å². The molecular formula is C13H20BrNO. The third kappa shape index (κ3) is 4.24. The molecule has 0 aliphatic heterocycles. The summed E-state index contributed by atoms with van der Waals surface area (Å²) in [5.41, 5.74) is 2.57. The van der Waals surface area contributed by atoms with Crippen LogP contribution < -0.4 is 5.32 Å². The molecule has 2 nitrogen and oxygen atoms in total. The Kier molecular flexibility index (Phi) is 6.03. The highest BCUT2D eigenvalue weighted by Crippen LogP contribution is 2.18. The Hall–Kier alpha value is -0.380. The molecule has 16 heavy (non-hydrogen) atoms. The van der Waals surface area contributed by atoms with E-state index in [9.17, 15) is 0 Å². The number of benzene rings is 1. The van der Waals surface area contributed by atoms with Crippen molar-refractivity contribution in [2.75, 3.05) is 13.7 Å². The molecule has 1 atom stereocenters. The second-order valence-electron chi connectivity index (χ2n) is 4.04. The van der Waals surface area contributed by atoms with Gasteiger partial charge in [-0.05, 0) is 30.5 Å². The smallest absolute Gasteiger partial charge is 0.0615 e. The van der Waals surface area contributed by atoms with Crippen LogP contribution in [-0.4, -0.2) is 19.8 Å². The lowest BCUT2D eigenvalue weighted by Gasteiger charge is -2.16. The summed E-state index contributed by atoms with van der Waals surface area (Å²) in [5.74, 6) is 0. The van der Waals surface area contributed by atoms with E-state index in [0.717, 1.165) is 19.6 Å². The Morgan fingerprint density at radius 1 is 1.44 bits per heavy atom. The van der Waals surface area contributed by atoms with E-state index < -0.39 is 0 Å². The molecule has 1 unspecified atom stereocenters. The molecule has 0 amide bonds. The zero-order valence-electron chi connectivity index (χ0n) is 10.2. The second-order valence-corrected chi connectivity index (χ2v) is 4.89. The third-order valence-electron chi connectivity index (χ3n) is 2.65. The minimum Gasteiger partial charge on any atom is -0.383 e. The monoisotopic (exact) mass is 285 g/mol. The van der Waals surface area contributed by atoms with Crippen LogP contribution in [0.4, 0.5) is 0 Å². The van der Waals surface area contributed by atoms with Gasteiger partial charge in [0.1, 0.15) is 0 Å². The molecule has 0 bridgehead atoms. The number of nitrogens with one attached hydrogen (secondary N) is 1. The van der Waals surface area contributed by atoms with Gasteiger partial charge < -0.3 is 10.1 Å². The predicted octanol–water partition coefficient (Wildman–Crippen LogP) is 3.27. The number of aryl methyl sites for hydroxylation is 1. The molecule has 90 valence electrons. The zero-order chi connectivity index (χ0) is 12.0. The number of hydrogen-bond acceptors (Lipinski definition) is 2. The van der Waals surface area contributed by atoms with Crippen LogP contribution in [0.1, 0.15) is 24.5 Å². The third-order valence-corrected chi connectivity index (χ3v) is 3.39. The maximum absolute atomic E-state index is 5.16. The first-order valence-corrected chi connectivity index (χ1v) is 6.44. The summed E-state index contributed by atoms with van der Waals surface area (Å²) in [6, 6.07) is 6.87. The highest BCUT2D eigenvalue weighted by Gasteiger charge is 2.06. The molecule has 1 N–H and O–H groups in total. The van der Waals surface area contributed by atoms with Crippen molar-refractivity contribution in [3.63, 3.8) is 0 Å². The number of rotatable bonds is 6. The summed E-state index contributed by atoms with van der Waals surface area (Å²) in [6.07, 6.45) is 1.08. The van der Waals surface area contributed by atoms with Gasteiger partial charge in [0.05, 0.1) is 6.61 Å². The number of methoxy groups -OCH3 is 1. The SMILES string of the molecule is CCC(COC)NCc1ccc(C)cc1Br. The van der Waals surface area contributed by atoms with Crippen molar-refractivity contribution in [2.45, 2.75) is 32.9 Å². The van der Waals surface area contributed by atoms with Crippen LogP contribution in [0.5, 0.6) is 0 Å². The Bertz CT molecular complexity index is 328. The largest absolute Gasteiger partial charge is 0.383 e. The molecule has 0 fully saturated rings. The zero-order valence-corrected chi connectivity index (χ0v) is 11.8. The maximum Gasteiger partial charge on any atom is 0.0615 e. The summed E-state index contributed by atoms with van der Waals surface area (Å²) >= 11 is 3.59. The fourth-order valence-corrected chi connectivity index (χ4v) is 2.21. The van der Waals surface area contributed by atoms with Crippen molar-refractivity contribution < 1.29 is 4.74 Å². The Balaban J connectivity index is 2.53. The van der Waals surface area contributed by atoms with Gasteiger partial charge in [0.2, 0.25) is 0 Å². The number of hydrogen-bond donors (Lipinski definition) is 1. The Labute approximate surface area is 107 Å². The van der Waals surface area contributed by atoms with Gasteiger partial charge in [-0.25, -0.2) is 0 Å². The van der Waals surface area contributed by atoms with E-state index in [2.05, 4.69) is 53.3 Å². The molecule has 1 aromatic carbocycles. The lowest BCUT2D eigenvalue weighted by molar-refractivity contribution is 0.164. The average molecular weight is 286 g/mol. The summed E-state index contributed by atoms with van der Waals surface area (Å²) in [5, 5.41) is 3.49. The summed E-state index contributed by atoms with van der Waals surface area (Å²) in [4.78, 5) is 0. The topological polar surface area (TPSA) is 21.3 Å². The molecule has 3 heteroatoms. The first-order chi connectivity index (χ1) is 7.67. The molecule has 0 aliphatic carbocycles. The van der Waals surface area contributed by atoms with Gasteiger partial charge in [-0.3, -0.25) is 0 Å². The van der Waals surface area contributed by atoms with Crippen LogP contribution in [0, 0.1) is 6.92 Å². The van der Waals surface area contributed by atoms with E-state index in [1.807, 2.05) is 0 Å². The highest BCUT2D eigenvalue weighted by molar-refractivity contribution is 9.10. The normalized spacial score (nSPS) is 12.8. The van der Waals surface area contributed by atoms with Crippen molar-refractivity contribution in [3.05, 3.63) is 33.8 Å². The molecule has 1 aromatic rings. The average Bonchev–Trinajstić information content (AvgIpc) is 2.26. The minimum absolute atomic E-state index is 0.429. The van der Waals surface area contributed by atoms with Crippen LogP contribution in [0.25, 0.3) is 0 Å². The highest BCUT2D eigenvalue weighted by atomic mass is 79.9. The lowest BCUT2D eigenvalue weighted by Crippen LogP contribution is -2.32. The van der Waals surface area contributed by atoms with E-state index >= 15 is 0 Å². The molecule has 0 saturated carbocycles. The first-order valence-electron chi connectivity index (χ1n) is 5.64. The molecule has 0 spiro atoms. The van der Waals surface area contributed by atoms with Gasteiger partial charge in [-0.2, -0.15) is 0 Å². The van der Waals surface area contributed by atoms with Crippen molar-refractivity contribution >= 4 is 15.9 Å². The van der Waals surface area contributed by atoms with E-state index in [1.165, 1.54) is 15.6 Å². The molecule has 0 radical (unpaired) electrons. The van der Waals surface area contributed by atoms with Crippen LogP contribution in [0.2, 0.25) is 0 Å². The first kappa shape index (κ1) is 13.7. The van der Waals surface area contributed by atoms with Crippen molar-refractivity contribution in [2.24, 2.45) is 0 Å². The Morgan fingerprint density at radius 3 is 2.75 bits per heavy atom. The van der Waals surface area contributed by atoms with E-state index in [4.69, 9.17) is 4.74 Å². The summed E-state index contributed by atoms with van der Waals surface area (Å²) < 4.78 is 6.33. The van der Waals surface area contributed by atoms with E-state index in [1.54, 1.807) is 7.11 Å². The van der Waals surface area contributed by atoms with Crippen LogP contribution >= 0.6 is 15.9 Å². The van der Waals surface area contributed by atoms with E-state index in [0.29, 0.717) is 6.04 Å². The fraction of sp³-hybridized carbons (Fsp3) is 0.538. The van der Waals surface area contributed by atoms with Gasteiger partial charge in [0.15, 0.2) is 0 Å². The van der Waals surface area contributed by atoms with Gasteiger partial charge >= 0.3 is 0 Å². The lowest BCUT2D eigenvalue weighted by atomic mass is 10.1. The molecule has 1 rings (SSSR count). The summed E-state index contributed by atoms with van der Waals surface area (Å²) in [7, 11) is 1.74. The van der Waals surface area contributed by atoms with Gasteiger partial charge in [0.25, 0.3) is 0 Å². The summed E-state index contributed by atoms with van der Waals surface area (Å²) in [6.45, 7) is 5.91. The predicted molar refractivity (Wildman–Crippen MR) is 71.7 cm³/mol. The second kappa shape index (κ2) is 7.05.